The molecule has 0 aliphatic carbocycles. The van der Waals surface area contributed by atoms with E-state index >= 15 is 0 Å². The molecule has 1 amide bonds. The first-order valence-electron chi connectivity index (χ1n) is 11.3. The van der Waals surface area contributed by atoms with E-state index in [-0.39, 0.29) is 16.7 Å². The molecule has 1 aliphatic heterocycles. The third-order valence-corrected chi connectivity index (χ3v) is 7.75. The molecule has 1 fully saturated rings. The second-order valence-electron chi connectivity index (χ2n) is 8.38. The smallest absolute Gasteiger partial charge is 0.241 e. The lowest BCUT2D eigenvalue weighted by Gasteiger charge is -2.37. The van der Waals surface area contributed by atoms with Gasteiger partial charge in [0.1, 0.15) is 6.04 Å². The average molecular weight is 490 g/mol. The number of sulfonamides is 1. The standard InChI is InChI=1S/C25H32ClN3O3S/c1-3-20(2)24(27-33(31,32)23-13-11-22(26)12-14-23)25(30)29-18-16-28(17-19-29)15-7-10-21-8-5-4-6-9-21/h4-14,20,24,27H,3,15-19H2,1-2H3/b10-7+. The van der Waals surface area contributed by atoms with Gasteiger partial charge in [0.25, 0.3) is 0 Å². The van der Waals surface area contributed by atoms with Gasteiger partial charge in [-0.1, -0.05) is 74.4 Å². The SMILES string of the molecule is CCC(C)C(NS(=O)(=O)c1ccc(Cl)cc1)C(=O)N1CCN(C/C=C/c2ccccc2)CC1. The van der Waals surface area contributed by atoms with E-state index in [2.05, 4.69) is 33.9 Å². The molecule has 2 aromatic rings. The molecular formula is C25H32ClN3O3S. The van der Waals surface area contributed by atoms with Crippen LogP contribution in [0.3, 0.4) is 0 Å². The first-order chi connectivity index (χ1) is 15.8. The number of carbonyl (C=O) groups excluding carboxylic acids is 1. The zero-order valence-corrected chi connectivity index (χ0v) is 20.7. The van der Waals surface area contributed by atoms with Crippen molar-refractivity contribution in [2.45, 2.75) is 31.2 Å². The van der Waals surface area contributed by atoms with Crippen LogP contribution in [0.25, 0.3) is 6.08 Å². The molecule has 0 spiro atoms. The molecule has 1 N–H and O–H groups in total. The summed E-state index contributed by atoms with van der Waals surface area (Å²) in [7, 11) is -3.84. The maximum atomic E-state index is 13.3. The molecule has 1 heterocycles. The van der Waals surface area contributed by atoms with Gasteiger partial charge in [0, 0.05) is 37.7 Å². The Morgan fingerprint density at radius 1 is 1.06 bits per heavy atom. The van der Waals surface area contributed by atoms with Crippen LogP contribution in [0.4, 0.5) is 0 Å². The summed E-state index contributed by atoms with van der Waals surface area (Å²) < 4.78 is 28.5. The molecule has 178 valence electrons. The van der Waals surface area contributed by atoms with E-state index in [0.717, 1.165) is 25.2 Å². The maximum absolute atomic E-state index is 13.3. The van der Waals surface area contributed by atoms with Crippen molar-refractivity contribution < 1.29 is 13.2 Å². The van der Waals surface area contributed by atoms with Crippen molar-refractivity contribution in [3.8, 4) is 0 Å². The third kappa shape index (κ3) is 7.14. The molecule has 2 atom stereocenters. The van der Waals surface area contributed by atoms with Crippen LogP contribution in [0, 0.1) is 5.92 Å². The summed E-state index contributed by atoms with van der Waals surface area (Å²) in [5, 5.41) is 0.458. The van der Waals surface area contributed by atoms with Crippen LogP contribution in [0.15, 0.2) is 65.6 Å². The Labute approximate surface area is 202 Å². The Balaban J connectivity index is 1.60. The molecule has 0 saturated carbocycles. The minimum Gasteiger partial charge on any atom is -0.339 e. The largest absolute Gasteiger partial charge is 0.339 e. The first-order valence-corrected chi connectivity index (χ1v) is 13.2. The van der Waals surface area contributed by atoms with E-state index < -0.39 is 16.1 Å². The molecule has 0 radical (unpaired) electrons. The molecule has 2 unspecified atom stereocenters. The van der Waals surface area contributed by atoms with Gasteiger partial charge in [0.05, 0.1) is 4.90 Å². The van der Waals surface area contributed by atoms with Crippen LogP contribution >= 0.6 is 11.6 Å². The average Bonchev–Trinajstić information content (AvgIpc) is 2.83. The minimum absolute atomic E-state index is 0.100. The number of halogens is 1. The lowest BCUT2D eigenvalue weighted by atomic mass is 9.98. The third-order valence-electron chi connectivity index (χ3n) is 6.04. The summed E-state index contributed by atoms with van der Waals surface area (Å²) in [5.41, 5.74) is 1.16. The molecule has 0 aromatic heterocycles. The van der Waals surface area contributed by atoms with E-state index in [9.17, 15) is 13.2 Å². The van der Waals surface area contributed by atoms with Gasteiger partial charge < -0.3 is 4.90 Å². The number of piperazine rings is 1. The number of nitrogens with zero attached hydrogens (tertiary/aromatic N) is 2. The highest BCUT2D eigenvalue weighted by molar-refractivity contribution is 7.89. The van der Waals surface area contributed by atoms with Gasteiger partial charge in [-0.05, 0) is 35.7 Å². The topological polar surface area (TPSA) is 69.7 Å². The summed E-state index contributed by atoms with van der Waals surface area (Å²) in [6.07, 6.45) is 4.92. The summed E-state index contributed by atoms with van der Waals surface area (Å²) in [5.74, 6) is -0.298. The lowest BCUT2D eigenvalue weighted by Crippen LogP contribution is -2.56. The van der Waals surface area contributed by atoms with Crippen LogP contribution in [0.5, 0.6) is 0 Å². The molecular weight excluding hydrogens is 458 g/mol. The number of amides is 1. The maximum Gasteiger partial charge on any atom is 0.241 e. The Kier molecular flexibility index (Phi) is 9.09. The number of rotatable bonds is 9. The highest BCUT2D eigenvalue weighted by Gasteiger charge is 2.34. The Bertz CT molecular complexity index is 1030. The van der Waals surface area contributed by atoms with E-state index in [1.54, 1.807) is 4.90 Å². The zero-order valence-electron chi connectivity index (χ0n) is 19.2. The molecule has 33 heavy (non-hydrogen) atoms. The molecule has 6 nitrogen and oxygen atoms in total. The van der Waals surface area contributed by atoms with Crippen LogP contribution < -0.4 is 4.72 Å². The Hall–Kier alpha value is -2.19. The van der Waals surface area contributed by atoms with Gasteiger partial charge in [0.2, 0.25) is 15.9 Å². The number of hydrogen-bond acceptors (Lipinski definition) is 4. The van der Waals surface area contributed by atoms with Crippen LogP contribution in [0.1, 0.15) is 25.8 Å². The highest BCUT2D eigenvalue weighted by Crippen LogP contribution is 2.18. The fourth-order valence-electron chi connectivity index (χ4n) is 3.74. The second-order valence-corrected chi connectivity index (χ2v) is 10.5. The monoisotopic (exact) mass is 489 g/mol. The van der Waals surface area contributed by atoms with Gasteiger partial charge in [-0.3, -0.25) is 9.69 Å². The van der Waals surface area contributed by atoms with Crippen LogP contribution in [-0.2, 0) is 14.8 Å². The van der Waals surface area contributed by atoms with Gasteiger partial charge in [-0.2, -0.15) is 4.72 Å². The molecule has 1 aliphatic rings. The Morgan fingerprint density at radius 2 is 1.70 bits per heavy atom. The summed E-state index contributed by atoms with van der Waals surface area (Å²) in [4.78, 5) is 17.5. The predicted octanol–water partition coefficient (Wildman–Crippen LogP) is 3.89. The van der Waals surface area contributed by atoms with E-state index in [1.807, 2.05) is 32.0 Å². The fraction of sp³-hybridized carbons (Fsp3) is 0.400. The first kappa shape index (κ1) is 25.4. The van der Waals surface area contributed by atoms with Crippen molar-refractivity contribution >= 4 is 33.6 Å². The van der Waals surface area contributed by atoms with Gasteiger partial charge in [-0.25, -0.2) is 8.42 Å². The Morgan fingerprint density at radius 3 is 2.30 bits per heavy atom. The van der Waals surface area contributed by atoms with Crippen molar-refractivity contribution in [1.82, 2.24) is 14.5 Å². The molecule has 3 rings (SSSR count). The van der Waals surface area contributed by atoms with Gasteiger partial charge in [-0.15, -0.1) is 0 Å². The van der Waals surface area contributed by atoms with Crippen molar-refractivity contribution in [2.75, 3.05) is 32.7 Å². The number of carbonyl (C=O) groups is 1. The van der Waals surface area contributed by atoms with Crippen molar-refractivity contribution in [2.24, 2.45) is 5.92 Å². The van der Waals surface area contributed by atoms with Crippen molar-refractivity contribution in [1.29, 1.82) is 0 Å². The van der Waals surface area contributed by atoms with Crippen LogP contribution in [-0.4, -0.2) is 62.9 Å². The molecule has 2 aromatic carbocycles. The van der Waals surface area contributed by atoms with E-state index in [1.165, 1.54) is 24.3 Å². The molecule has 1 saturated heterocycles. The van der Waals surface area contributed by atoms with Crippen LogP contribution in [0.2, 0.25) is 5.02 Å². The van der Waals surface area contributed by atoms with E-state index in [4.69, 9.17) is 11.6 Å². The zero-order chi connectivity index (χ0) is 23.8. The highest BCUT2D eigenvalue weighted by atomic mass is 35.5. The quantitative estimate of drug-likeness (QED) is 0.580. The molecule has 8 heteroatoms. The number of benzene rings is 2. The van der Waals surface area contributed by atoms with E-state index in [0.29, 0.717) is 24.5 Å². The minimum atomic E-state index is -3.84. The van der Waals surface area contributed by atoms with Crippen molar-refractivity contribution in [3.63, 3.8) is 0 Å². The summed E-state index contributed by atoms with van der Waals surface area (Å²) in [6, 6.07) is 15.3. The van der Waals surface area contributed by atoms with Gasteiger partial charge >= 0.3 is 0 Å². The summed E-state index contributed by atoms with van der Waals surface area (Å²) in [6.45, 7) is 7.33. The molecule has 0 bridgehead atoms. The fourth-order valence-corrected chi connectivity index (χ4v) is 5.17. The lowest BCUT2D eigenvalue weighted by molar-refractivity contribution is -0.135. The van der Waals surface area contributed by atoms with Crippen molar-refractivity contribution in [3.05, 3.63) is 71.3 Å². The normalized spacial score (nSPS) is 17.2. The number of hydrogen-bond donors (Lipinski definition) is 1. The second kappa shape index (κ2) is 11.8. The predicted molar refractivity (Wildman–Crippen MR) is 134 cm³/mol. The van der Waals surface area contributed by atoms with Gasteiger partial charge in [0.15, 0.2) is 0 Å². The summed E-state index contributed by atoms with van der Waals surface area (Å²) >= 11 is 5.88. The number of nitrogens with one attached hydrogen (secondary N) is 1.